The number of benzene rings is 1. The number of hydrogen-bond acceptors (Lipinski definition) is 5. The van der Waals surface area contributed by atoms with Gasteiger partial charge in [0.2, 0.25) is 5.28 Å². The van der Waals surface area contributed by atoms with Crippen LogP contribution in [0, 0.1) is 0 Å². The van der Waals surface area contributed by atoms with E-state index in [1.54, 1.807) is 0 Å². The Kier molecular flexibility index (Phi) is 3.76. The van der Waals surface area contributed by atoms with Gasteiger partial charge in [-0.3, -0.25) is 0 Å². The van der Waals surface area contributed by atoms with E-state index in [9.17, 15) is 4.79 Å². The lowest BCUT2D eigenvalue weighted by molar-refractivity contribution is 0.0214. The van der Waals surface area contributed by atoms with Crippen molar-refractivity contribution >= 4 is 34.4 Å². The summed E-state index contributed by atoms with van der Waals surface area (Å²) < 4.78 is 5.53. The normalized spacial score (nSPS) is 22.7. The SMILES string of the molecule is CC(C)(C)OC(=O)N1CC2CC1CN2c1nc(Cl)nc2ccccc12. The molecule has 2 aliphatic heterocycles. The maximum atomic E-state index is 12.4. The maximum absolute atomic E-state index is 12.4. The summed E-state index contributed by atoms with van der Waals surface area (Å²) in [5.74, 6) is 0.854. The largest absolute Gasteiger partial charge is 0.444 e. The molecule has 2 fully saturated rings. The highest BCUT2D eigenvalue weighted by atomic mass is 35.5. The number of carbonyl (C=O) groups is 1. The Morgan fingerprint density at radius 3 is 2.64 bits per heavy atom. The van der Waals surface area contributed by atoms with Gasteiger partial charge < -0.3 is 14.5 Å². The van der Waals surface area contributed by atoms with Crippen LogP contribution in [-0.4, -0.2) is 51.7 Å². The van der Waals surface area contributed by atoms with Crippen LogP contribution < -0.4 is 4.90 Å². The Hall–Kier alpha value is -2.08. The Morgan fingerprint density at radius 1 is 1.20 bits per heavy atom. The number of nitrogens with zero attached hydrogens (tertiary/aromatic N) is 4. The van der Waals surface area contributed by atoms with Crippen molar-refractivity contribution in [1.29, 1.82) is 0 Å². The summed E-state index contributed by atoms with van der Waals surface area (Å²) in [5, 5.41) is 1.24. The number of hydrogen-bond donors (Lipinski definition) is 0. The molecular weight excluding hydrogens is 340 g/mol. The second-order valence-electron chi connectivity index (χ2n) is 7.66. The summed E-state index contributed by atoms with van der Waals surface area (Å²) in [4.78, 5) is 25.3. The third-order valence-electron chi connectivity index (χ3n) is 4.70. The second-order valence-corrected chi connectivity index (χ2v) is 8.00. The van der Waals surface area contributed by atoms with Crippen LogP contribution >= 0.6 is 11.6 Å². The minimum Gasteiger partial charge on any atom is -0.444 e. The van der Waals surface area contributed by atoms with Crippen molar-refractivity contribution in [3.63, 3.8) is 0 Å². The molecule has 1 amide bonds. The fourth-order valence-corrected chi connectivity index (χ4v) is 3.89. The lowest BCUT2D eigenvalue weighted by Crippen LogP contribution is -2.50. The highest BCUT2D eigenvalue weighted by Crippen LogP contribution is 2.37. The first-order valence-electron chi connectivity index (χ1n) is 8.50. The average Bonchev–Trinajstić information content (AvgIpc) is 3.12. The molecule has 3 heterocycles. The molecule has 1 aromatic carbocycles. The monoisotopic (exact) mass is 360 g/mol. The summed E-state index contributed by atoms with van der Waals surface area (Å²) in [6.45, 7) is 7.05. The summed E-state index contributed by atoms with van der Waals surface area (Å²) in [5.41, 5.74) is 0.360. The lowest BCUT2D eigenvalue weighted by atomic mass is 10.2. The van der Waals surface area contributed by atoms with Crippen molar-refractivity contribution in [1.82, 2.24) is 14.9 Å². The van der Waals surface area contributed by atoms with Gasteiger partial charge in [0.1, 0.15) is 11.4 Å². The minimum atomic E-state index is -0.477. The summed E-state index contributed by atoms with van der Waals surface area (Å²) in [6.07, 6.45) is 0.695. The third kappa shape index (κ3) is 2.99. The molecule has 6 nitrogen and oxygen atoms in total. The van der Waals surface area contributed by atoms with Gasteiger partial charge in [-0.15, -0.1) is 0 Å². The van der Waals surface area contributed by atoms with Gasteiger partial charge in [0, 0.05) is 18.5 Å². The van der Waals surface area contributed by atoms with Crippen LogP contribution in [0.25, 0.3) is 10.9 Å². The van der Waals surface area contributed by atoms with E-state index in [4.69, 9.17) is 16.3 Å². The fraction of sp³-hybridized carbons (Fsp3) is 0.500. The van der Waals surface area contributed by atoms with E-state index < -0.39 is 5.60 Å². The molecule has 0 radical (unpaired) electrons. The van der Waals surface area contributed by atoms with E-state index in [2.05, 4.69) is 14.9 Å². The van der Waals surface area contributed by atoms with Crippen molar-refractivity contribution < 1.29 is 9.53 Å². The number of anilines is 1. The molecule has 2 atom stereocenters. The number of halogens is 1. The number of piperazine rings is 1. The zero-order valence-electron chi connectivity index (χ0n) is 14.6. The predicted octanol–water partition coefficient (Wildman–Crippen LogP) is 3.48. The number of ether oxygens (including phenoxy) is 1. The Balaban J connectivity index is 1.58. The van der Waals surface area contributed by atoms with Gasteiger partial charge in [-0.05, 0) is 50.9 Å². The van der Waals surface area contributed by atoms with Crippen LogP contribution in [0.1, 0.15) is 27.2 Å². The molecule has 0 spiro atoms. The molecule has 7 heteroatoms. The van der Waals surface area contributed by atoms with Crippen molar-refractivity contribution in [3.05, 3.63) is 29.5 Å². The molecule has 0 saturated carbocycles. The Morgan fingerprint density at radius 2 is 1.96 bits per heavy atom. The van der Waals surface area contributed by atoms with Crippen molar-refractivity contribution in [2.45, 2.75) is 44.9 Å². The summed E-state index contributed by atoms with van der Waals surface area (Å²) in [7, 11) is 0. The first kappa shape index (κ1) is 16.4. The highest BCUT2D eigenvalue weighted by Gasteiger charge is 2.47. The molecule has 2 unspecified atom stereocenters. The Labute approximate surface area is 151 Å². The summed E-state index contributed by atoms with van der Waals surface area (Å²) in [6, 6.07) is 8.24. The first-order valence-corrected chi connectivity index (χ1v) is 8.88. The van der Waals surface area contributed by atoms with E-state index in [0.717, 1.165) is 29.7 Å². The van der Waals surface area contributed by atoms with Gasteiger partial charge >= 0.3 is 6.09 Å². The van der Waals surface area contributed by atoms with Crippen molar-refractivity contribution in [3.8, 4) is 0 Å². The fourth-order valence-electron chi connectivity index (χ4n) is 3.72. The summed E-state index contributed by atoms with van der Waals surface area (Å²) >= 11 is 6.12. The molecule has 2 aromatic rings. The highest BCUT2D eigenvalue weighted by molar-refractivity contribution is 6.28. The first-order chi connectivity index (χ1) is 11.8. The van der Waals surface area contributed by atoms with E-state index in [0.29, 0.717) is 6.54 Å². The van der Waals surface area contributed by atoms with E-state index >= 15 is 0 Å². The van der Waals surface area contributed by atoms with Crippen molar-refractivity contribution in [2.24, 2.45) is 0 Å². The van der Waals surface area contributed by atoms with Gasteiger partial charge in [0.15, 0.2) is 0 Å². The van der Waals surface area contributed by atoms with Crippen LogP contribution in [0.4, 0.5) is 10.6 Å². The van der Waals surface area contributed by atoms with Gasteiger partial charge in [0.05, 0.1) is 17.6 Å². The quantitative estimate of drug-likeness (QED) is 0.729. The zero-order chi connectivity index (χ0) is 17.8. The predicted molar refractivity (Wildman–Crippen MR) is 97.0 cm³/mol. The van der Waals surface area contributed by atoms with Crippen LogP contribution in [-0.2, 0) is 4.74 Å². The molecule has 2 saturated heterocycles. The van der Waals surface area contributed by atoms with Crippen LogP contribution in [0.5, 0.6) is 0 Å². The number of aromatic nitrogens is 2. The molecule has 0 aliphatic carbocycles. The second kappa shape index (κ2) is 5.73. The van der Waals surface area contributed by atoms with Gasteiger partial charge in [-0.1, -0.05) is 12.1 Å². The molecule has 0 N–H and O–H groups in total. The number of likely N-dealkylation sites (tertiary alicyclic amines) is 1. The molecule has 25 heavy (non-hydrogen) atoms. The Bertz CT molecular complexity index is 835. The van der Waals surface area contributed by atoms with Crippen molar-refractivity contribution in [2.75, 3.05) is 18.0 Å². The van der Waals surface area contributed by atoms with E-state index in [1.165, 1.54) is 0 Å². The van der Waals surface area contributed by atoms with Crippen LogP contribution in [0.15, 0.2) is 24.3 Å². The third-order valence-corrected chi connectivity index (χ3v) is 4.87. The number of fused-ring (bicyclic) bond motifs is 3. The standard InChI is InChI=1S/C18H21ClN4O2/c1-18(2,3)25-17(24)23-10-11-8-12(23)9-22(11)15-13-6-4-5-7-14(13)20-16(19)21-15/h4-7,11-12H,8-10H2,1-3H3. The van der Waals surface area contributed by atoms with Crippen LogP contribution in [0.2, 0.25) is 5.28 Å². The smallest absolute Gasteiger partial charge is 0.410 e. The number of rotatable bonds is 1. The molecule has 4 rings (SSSR count). The van der Waals surface area contributed by atoms with Crippen LogP contribution in [0.3, 0.4) is 0 Å². The van der Waals surface area contributed by atoms with E-state index in [1.807, 2.05) is 49.9 Å². The zero-order valence-corrected chi connectivity index (χ0v) is 15.3. The lowest BCUT2D eigenvalue weighted by Gasteiger charge is -2.36. The van der Waals surface area contributed by atoms with Gasteiger partial charge in [0.25, 0.3) is 0 Å². The molecule has 1 aromatic heterocycles. The number of carbonyl (C=O) groups excluding carboxylic acids is 1. The maximum Gasteiger partial charge on any atom is 0.410 e. The molecule has 2 bridgehead atoms. The van der Waals surface area contributed by atoms with E-state index in [-0.39, 0.29) is 23.5 Å². The number of para-hydroxylation sites is 1. The van der Waals surface area contributed by atoms with Gasteiger partial charge in [-0.2, -0.15) is 4.98 Å². The van der Waals surface area contributed by atoms with Gasteiger partial charge in [-0.25, -0.2) is 9.78 Å². The topological polar surface area (TPSA) is 58.6 Å². The molecule has 132 valence electrons. The number of amides is 1. The molecule has 2 aliphatic rings. The average molecular weight is 361 g/mol. The molecular formula is C18H21ClN4O2. The minimum absolute atomic E-state index is 0.146.